The molecule has 0 radical (unpaired) electrons. The van der Waals surface area contributed by atoms with Crippen molar-refractivity contribution in [1.82, 2.24) is 9.62 Å². The van der Waals surface area contributed by atoms with E-state index in [-0.39, 0.29) is 29.3 Å². The molecule has 2 aromatic carbocycles. The molecule has 1 heterocycles. The van der Waals surface area contributed by atoms with Crippen molar-refractivity contribution in [3.8, 4) is 0 Å². The Morgan fingerprint density at radius 2 is 1.72 bits per heavy atom. The summed E-state index contributed by atoms with van der Waals surface area (Å²) in [5, 5.41) is 3.10. The third kappa shape index (κ3) is 4.70. The molecule has 0 aromatic heterocycles. The van der Waals surface area contributed by atoms with E-state index in [9.17, 15) is 13.2 Å². The van der Waals surface area contributed by atoms with Crippen LogP contribution in [0.5, 0.6) is 0 Å². The number of nitrogens with one attached hydrogen (secondary N) is 1. The molecule has 0 spiro atoms. The molecule has 1 N–H and O–H groups in total. The van der Waals surface area contributed by atoms with Crippen LogP contribution in [0.2, 0.25) is 0 Å². The molecule has 2 atom stereocenters. The molecule has 1 fully saturated rings. The smallest absolute Gasteiger partial charge is 0.243 e. The Morgan fingerprint density at radius 1 is 1.07 bits per heavy atom. The molecule has 0 bridgehead atoms. The van der Waals surface area contributed by atoms with Crippen molar-refractivity contribution >= 4 is 15.9 Å². The second kappa shape index (κ2) is 8.67. The summed E-state index contributed by atoms with van der Waals surface area (Å²) in [6.07, 6.45) is 1.38. The van der Waals surface area contributed by atoms with Crippen molar-refractivity contribution in [3.05, 3.63) is 64.7 Å². The first-order valence-electron chi connectivity index (χ1n) is 10.1. The fourth-order valence-electron chi connectivity index (χ4n) is 3.97. The van der Waals surface area contributed by atoms with Crippen LogP contribution in [-0.4, -0.2) is 31.7 Å². The van der Waals surface area contributed by atoms with Crippen LogP contribution in [0.25, 0.3) is 0 Å². The van der Waals surface area contributed by atoms with Gasteiger partial charge in [-0.3, -0.25) is 4.79 Å². The first-order valence-corrected chi connectivity index (χ1v) is 11.6. The van der Waals surface area contributed by atoms with Gasteiger partial charge in [-0.1, -0.05) is 30.3 Å². The summed E-state index contributed by atoms with van der Waals surface area (Å²) in [5.41, 5.74) is 4.69. The zero-order chi connectivity index (χ0) is 21.2. The fourth-order valence-corrected chi connectivity index (χ4v) is 5.52. The third-order valence-electron chi connectivity index (χ3n) is 5.84. The van der Waals surface area contributed by atoms with Crippen LogP contribution in [0.15, 0.2) is 47.4 Å². The number of piperidine rings is 1. The van der Waals surface area contributed by atoms with E-state index < -0.39 is 10.0 Å². The molecule has 0 saturated carbocycles. The van der Waals surface area contributed by atoms with Crippen molar-refractivity contribution in [1.29, 1.82) is 0 Å². The first kappa shape index (κ1) is 21.5. The fraction of sp³-hybridized carbons (Fsp3) is 0.435. The number of aryl methyl sites for hydroxylation is 3. The minimum atomic E-state index is -3.57. The maximum absolute atomic E-state index is 12.9. The molecule has 2 aromatic rings. The Bertz CT molecular complexity index is 987. The van der Waals surface area contributed by atoms with Gasteiger partial charge in [0.2, 0.25) is 15.9 Å². The van der Waals surface area contributed by atoms with Crippen LogP contribution in [0.1, 0.15) is 48.1 Å². The van der Waals surface area contributed by atoms with Crippen molar-refractivity contribution in [3.63, 3.8) is 0 Å². The first-order chi connectivity index (χ1) is 13.7. The molecule has 1 aliphatic heterocycles. The molecule has 1 aliphatic rings. The molecule has 1 saturated heterocycles. The zero-order valence-corrected chi connectivity index (χ0v) is 18.4. The van der Waals surface area contributed by atoms with Gasteiger partial charge in [-0.05, 0) is 74.9 Å². The molecule has 156 valence electrons. The summed E-state index contributed by atoms with van der Waals surface area (Å²) in [4.78, 5) is 13.2. The Morgan fingerprint density at radius 3 is 2.41 bits per heavy atom. The Kier molecular flexibility index (Phi) is 6.44. The van der Waals surface area contributed by atoms with Gasteiger partial charge in [-0.15, -0.1) is 0 Å². The van der Waals surface area contributed by atoms with Gasteiger partial charge in [-0.2, -0.15) is 4.31 Å². The summed E-state index contributed by atoms with van der Waals surface area (Å²) in [6, 6.07) is 12.6. The summed E-state index contributed by atoms with van der Waals surface area (Å²) in [7, 11) is -3.57. The number of rotatable bonds is 5. The van der Waals surface area contributed by atoms with E-state index in [1.165, 1.54) is 15.4 Å². The van der Waals surface area contributed by atoms with Crippen molar-refractivity contribution in [2.75, 3.05) is 13.1 Å². The van der Waals surface area contributed by atoms with Crippen molar-refractivity contribution in [2.45, 2.75) is 51.5 Å². The number of hydrogen-bond acceptors (Lipinski definition) is 3. The average Bonchev–Trinajstić information content (AvgIpc) is 2.71. The highest BCUT2D eigenvalue weighted by molar-refractivity contribution is 7.89. The SMILES string of the molecule is Cc1cc(C)c([C@H](C)NC(=O)[C@H]2CCCN(S(=O)(=O)c3ccccc3)C2)cc1C. The van der Waals surface area contributed by atoms with E-state index in [0.717, 1.165) is 11.1 Å². The third-order valence-corrected chi connectivity index (χ3v) is 7.72. The zero-order valence-electron chi connectivity index (χ0n) is 17.6. The van der Waals surface area contributed by atoms with E-state index in [0.29, 0.717) is 19.4 Å². The molecule has 6 heteroatoms. The lowest BCUT2D eigenvalue weighted by Gasteiger charge is -2.32. The summed E-state index contributed by atoms with van der Waals surface area (Å²) in [5.74, 6) is -0.417. The number of carbonyl (C=O) groups excluding carboxylic acids is 1. The summed E-state index contributed by atoms with van der Waals surface area (Å²) < 4.78 is 27.3. The van der Waals surface area contributed by atoms with Crippen LogP contribution in [0.3, 0.4) is 0 Å². The number of amides is 1. The predicted molar refractivity (Wildman–Crippen MR) is 115 cm³/mol. The van der Waals surface area contributed by atoms with E-state index in [1.807, 2.05) is 6.92 Å². The molecule has 0 aliphatic carbocycles. The largest absolute Gasteiger partial charge is 0.349 e. The number of sulfonamides is 1. The van der Waals surface area contributed by atoms with Crippen LogP contribution in [0, 0.1) is 26.7 Å². The average molecular weight is 415 g/mol. The van der Waals surface area contributed by atoms with E-state index >= 15 is 0 Å². The van der Waals surface area contributed by atoms with E-state index in [2.05, 4.69) is 38.2 Å². The highest BCUT2D eigenvalue weighted by Gasteiger charge is 2.33. The van der Waals surface area contributed by atoms with Gasteiger partial charge in [0.15, 0.2) is 0 Å². The molecule has 5 nitrogen and oxygen atoms in total. The molecule has 29 heavy (non-hydrogen) atoms. The normalized spacial score (nSPS) is 19.0. The maximum Gasteiger partial charge on any atom is 0.243 e. The lowest BCUT2D eigenvalue weighted by Crippen LogP contribution is -2.45. The van der Waals surface area contributed by atoms with Gasteiger partial charge < -0.3 is 5.32 Å². The standard InChI is InChI=1S/C23H30N2O3S/c1-16-13-18(3)22(14-17(16)2)19(4)24-23(26)20-9-8-12-25(15-20)29(27,28)21-10-6-5-7-11-21/h5-7,10-11,13-14,19-20H,8-9,12,15H2,1-4H3,(H,24,26)/t19-,20-/m0/s1. The van der Waals surface area contributed by atoms with Gasteiger partial charge in [0.05, 0.1) is 16.9 Å². The van der Waals surface area contributed by atoms with E-state index in [4.69, 9.17) is 0 Å². The monoisotopic (exact) mass is 414 g/mol. The Hall–Kier alpha value is -2.18. The maximum atomic E-state index is 12.9. The predicted octanol–water partition coefficient (Wildman–Crippen LogP) is 3.89. The molecular weight excluding hydrogens is 384 g/mol. The number of benzene rings is 2. The Balaban J connectivity index is 1.71. The van der Waals surface area contributed by atoms with Gasteiger partial charge in [0.1, 0.15) is 0 Å². The highest BCUT2D eigenvalue weighted by atomic mass is 32.2. The van der Waals surface area contributed by atoms with E-state index in [1.54, 1.807) is 30.3 Å². The van der Waals surface area contributed by atoms with Gasteiger partial charge >= 0.3 is 0 Å². The molecule has 0 unspecified atom stereocenters. The molecular formula is C23H30N2O3S. The van der Waals surface area contributed by atoms with Crippen LogP contribution < -0.4 is 5.32 Å². The summed E-state index contributed by atoms with van der Waals surface area (Å²) >= 11 is 0. The minimum absolute atomic E-state index is 0.0805. The van der Waals surface area contributed by atoms with Gasteiger partial charge in [-0.25, -0.2) is 8.42 Å². The second-order valence-electron chi connectivity index (χ2n) is 8.04. The Labute approximate surface area is 174 Å². The quantitative estimate of drug-likeness (QED) is 0.807. The number of carbonyl (C=O) groups is 1. The van der Waals surface area contributed by atoms with Crippen LogP contribution in [-0.2, 0) is 14.8 Å². The topological polar surface area (TPSA) is 66.5 Å². The number of hydrogen-bond donors (Lipinski definition) is 1. The van der Waals surface area contributed by atoms with Crippen molar-refractivity contribution < 1.29 is 13.2 Å². The molecule has 1 amide bonds. The van der Waals surface area contributed by atoms with Crippen LogP contribution in [0.4, 0.5) is 0 Å². The second-order valence-corrected chi connectivity index (χ2v) is 9.98. The van der Waals surface area contributed by atoms with Gasteiger partial charge in [0.25, 0.3) is 0 Å². The van der Waals surface area contributed by atoms with Gasteiger partial charge in [0, 0.05) is 13.1 Å². The lowest BCUT2D eigenvalue weighted by atomic mass is 9.95. The minimum Gasteiger partial charge on any atom is -0.349 e. The van der Waals surface area contributed by atoms with Crippen molar-refractivity contribution in [2.24, 2.45) is 5.92 Å². The summed E-state index contributed by atoms with van der Waals surface area (Å²) in [6.45, 7) is 8.86. The number of nitrogens with zero attached hydrogens (tertiary/aromatic N) is 1. The molecule has 3 rings (SSSR count). The lowest BCUT2D eigenvalue weighted by molar-refractivity contribution is -0.126. The van der Waals surface area contributed by atoms with Crippen LogP contribution >= 0.6 is 0 Å². The highest BCUT2D eigenvalue weighted by Crippen LogP contribution is 2.26.